The minimum absolute atomic E-state index is 0.0514. The molecule has 0 aliphatic heterocycles. The number of phenolic OH excluding ortho intramolecular Hbond substituents is 1. The van der Waals surface area contributed by atoms with Crippen molar-refractivity contribution in [2.24, 2.45) is 0 Å². The molecule has 0 fully saturated rings. The summed E-state index contributed by atoms with van der Waals surface area (Å²) in [5, 5.41) is 12.2. The average Bonchev–Trinajstić information content (AvgIpc) is 2.43. The van der Waals surface area contributed by atoms with E-state index in [1.807, 2.05) is 0 Å². The lowest BCUT2D eigenvalue weighted by Crippen LogP contribution is -2.27. The van der Waals surface area contributed by atoms with Gasteiger partial charge >= 0.3 is 0 Å². The molecule has 1 unspecified atom stereocenters. The van der Waals surface area contributed by atoms with E-state index in [1.165, 1.54) is 12.1 Å². The number of hydrogen-bond donors (Lipinski definition) is 2. The van der Waals surface area contributed by atoms with Crippen molar-refractivity contribution in [1.82, 2.24) is 5.32 Å². The molecule has 0 spiro atoms. The smallest absolute Gasteiger partial charge is 0.255 e. The maximum absolute atomic E-state index is 13.6. The van der Waals surface area contributed by atoms with Gasteiger partial charge in [-0.2, -0.15) is 0 Å². The van der Waals surface area contributed by atoms with Gasteiger partial charge in [-0.05, 0) is 44.2 Å². The Hall–Kier alpha value is -2.43. The molecule has 0 radical (unpaired) electrons. The van der Waals surface area contributed by atoms with Gasteiger partial charge in [-0.3, -0.25) is 4.79 Å². The molecule has 2 N–H and O–H groups in total. The van der Waals surface area contributed by atoms with Crippen molar-refractivity contribution in [1.29, 1.82) is 0 Å². The van der Waals surface area contributed by atoms with Crippen molar-refractivity contribution in [3.63, 3.8) is 0 Å². The Morgan fingerprint density at radius 1 is 1.19 bits per heavy atom. The molecule has 0 bridgehead atoms. The molecule has 2 rings (SSSR count). The highest BCUT2D eigenvalue weighted by Crippen LogP contribution is 2.21. The summed E-state index contributed by atoms with van der Waals surface area (Å²) in [6.07, 6.45) is 0. The second-order valence-electron chi connectivity index (χ2n) is 4.88. The number of amides is 1. The maximum Gasteiger partial charge on any atom is 0.255 e. The van der Waals surface area contributed by atoms with Gasteiger partial charge in [0.1, 0.15) is 17.4 Å². The van der Waals surface area contributed by atoms with Crippen molar-refractivity contribution in [3.8, 4) is 5.75 Å². The van der Waals surface area contributed by atoms with E-state index in [1.54, 1.807) is 19.9 Å². The topological polar surface area (TPSA) is 49.3 Å². The van der Waals surface area contributed by atoms with Gasteiger partial charge in [-0.15, -0.1) is 0 Å². The van der Waals surface area contributed by atoms with Gasteiger partial charge < -0.3 is 10.4 Å². The zero-order valence-electron chi connectivity index (χ0n) is 11.7. The molecule has 0 aliphatic carbocycles. The van der Waals surface area contributed by atoms with E-state index in [9.17, 15) is 18.7 Å². The van der Waals surface area contributed by atoms with Crippen LogP contribution in [0.5, 0.6) is 5.75 Å². The van der Waals surface area contributed by atoms with Crippen molar-refractivity contribution in [3.05, 3.63) is 64.7 Å². The van der Waals surface area contributed by atoms with Crippen LogP contribution in [0, 0.1) is 18.6 Å². The van der Waals surface area contributed by atoms with Gasteiger partial charge in [-0.1, -0.05) is 11.6 Å². The van der Waals surface area contributed by atoms with Crippen molar-refractivity contribution < 1.29 is 18.7 Å². The molecular weight excluding hydrogens is 276 g/mol. The predicted molar refractivity (Wildman–Crippen MR) is 75.1 cm³/mol. The van der Waals surface area contributed by atoms with Crippen LogP contribution < -0.4 is 5.32 Å². The minimum atomic E-state index is -0.729. The molecule has 0 heterocycles. The molecule has 21 heavy (non-hydrogen) atoms. The predicted octanol–water partition coefficient (Wildman–Crippen LogP) is 3.47. The monoisotopic (exact) mass is 291 g/mol. The summed E-state index contributed by atoms with van der Waals surface area (Å²) < 4.78 is 26.8. The third kappa shape index (κ3) is 3.37. The summed E-state index contributed by atoms with van der Waals surface area (Å²) >= 11 is 0. The molecule has 1 amide bonds. The second-order valence-corrected chi connectivity index (χ2v) is 4.88. The van der Waals surface area contributed by atoms with Crippen molar-refractivity contribution >= 4 is 5.91 Å². The van der Waals surface area contributed by atoms with Crippen LogP contribution >= 0.6 is 0 Å². The van der Waals surface area contributed by atoms with E-state index >= 15 is 0 Å². The molecular formula is C16H15F2NO2. The zero-order valence-corrected chi connectivity index (χ0v) is 11.7. The number of carbonyl (C=O) groups is 1. The molecule has 2 aromatic rings. The minimum Gasteiger partial charge on any atom is -0.507 e. The standard InChI is InChI=1S/C16H15F2NO2/c1-9-3-6-15(20)13(7-9)16(21)19-10(2)12-8-11(17)4-5-14(12)18/h3-8,10,20H,1-2H3,(H,19,21). The molecule has 110 valence electrons. The third-order valence-corrected chi connectivity index (χ3v) is 3.17. The fraction of sp³-hybridized carbons (Fsp3) is 0.188. The first kappa shape index (κ1) is 15.0. The maximum atomic E-state index is 13.6. The number of phenols is 1. The molecule has 2 aromatic carbocycles. The Balaban J connectivity index is 2.23. The van der Waals surface area contributed by atoms with Gasteiger partial charge in [0.25, 0.3) is 5.91 Å². The lowest BCUT2D eigenvalue weighted by atomic mass is 10.1. The summed E-state index contributed by atoms with van der Waals surface area (Å²) in [7, 11) is 0. The Morgan fingerprint density at radius 3 is 2.62 bits per heavy atom. The first-order chi connectivity index (χ1) is 9.88. The number of benzene rings is 2. The van der Waals surface area contributed by atoms with Crippen LogP contribution in [0.3, 0.4) is 0 Å². The van der Waals surface area contributed by atoms with Crippen molar-refractivity contribution in [2.45, 2.75) is 19.9 Å². The molecule has 0 saturated carbocycles. The summed E-state index contributed by atoms with van der Waals surface area (Å²) in [6, 6.07) is 6.94. The fourth-order valence-corrected chi connectivity index (χ4v) is 2.03. The number of nitrogens with one attached hydrogen (secondary N) is 1. The fourth-order valence-electron chi connectivity index (χ4n) is 2.03. The van der Waals surface area contributed by atoms with Gasteiger partial charge in [-0.25, -0.2) is 8.78 Å². The second kappa shape index (κ2) is 5.91. The largest absolute Gasteiger partial charge is 0.507 e. The zero-order chi connectivity index (χ0) is 15.6. The number of aromatic hydroxyl groups is 1. The summed E-state index contributed by atoms with van der Waals surface area (Å²) in [5.74, 6) is -1.89. The molecule has 3 nitrogen and oxygen atoms in total. The van der Waals surface area contributed by atoms with E-state index in [0.29, 0.717) is 0 Å². The highest BCUT2D eigenvalue weighted by molar-refractivity contribution is 5.97. The summed E-state index contributed by atoms with van der Waals surface area (Å²) in [4.78, 5) is 12.1. The van der Waals surface area contributed by atoms with Crippen LogP contribution in [0.15, 0.2) is 36.4 Å². The van der Waals surface area contributed by atoms with Crippen LogP contribution in [0.4, 0.5) is 8.78 Å². The number of carbonyl (C=O) groups excluding carboxylic acids is 1. The van der Waals surface area contributed by atoms with Crippen LogP contribution in [0.2, 0.25) is 0 Å². The summed E-state index contributed by atoms with van der Waals surface area (Å²) in [5.41, 5.74) is 0.955. The molecule has 5 heteroatoms. The molecule has 0 aliphatic rings. The first-order valence-electron chi connectivity index (χ1n) is 6.44. The Bertz CT molecular complexity index is 686. The van der Waals surface area contributed by atoms with E-state index in [0.717, 1.165) is 23.8 Å². The van der Waals surface area contributed by atoms with Gasteiger partial charge in [0.2, 0.25) is 0 Å². The number of hydrogen-bond acceptors (Lipinski definition) is 2. The van der Waals surface area contributed by atoms with Gasteiger partial charge in [0.15, 0.2) is 0 Å². The SMILES string of the molecule is Cc1ccc(O)c(C(=O)NC(C)c2cc(F)ccc2F)c1. The highest BCUT2D eigenvalue weighted by Gasteiger charge is 2.17. The van der Waals surface area contributed by atoms with E-state index < -0.39 is 23.6 Å². The molecule has 0 aromatic heterocycles. The number of halogens is 2. The number of aryl methyl sites for hydroxylation is 1. The van der Waals surface area contributed by atoms with E-state index in [4.69, 9.17) is 0 Å². The highest BCUT2D eigenvalue weighted by atomic mass is 19.1. The Kier molecular flexibility index (Phi) is 4.21. The van der Waals surface area contributed by atoms with Crippen molar-refractivity contribution in [2.75, 3.05) is 0 Å². The lowest BCUT2D eigenvalue weighted by Gasteiger charge is -2.16. The Morgan fingerprint density at radius 2 is 1.90 bits per heavy atom. The lowest BCUT2D eigenvalue weighted by molar-refractivity contribution is 0.0936. The van der Waals surface area contributed by atoms with Crippen LogP contribution in [0.25, 0.3) is 0 Å². The Labute approximate surface area is 121 Å². The van der Waals surface area contributed by atoms with Gasteiger partial charge in [0, 0.05) is 5.56 Å². The number of rotatable bonds is 3. The van der Waals surface area contributed by atoms with Crippen LogP contribution in [0.1, 0.15) is 34.5 Å². The van der Waals surface area contributed by atoms with Gasteiger partial charge in [0.05, 0.1) is 11.6 Å². The first-order valence-corrected chi connectivity index (χ1v) is 6.44. The summed E-state index contributed by atoms with van der Waals surface area (Å²) in [6.45, 7) is 3.33. The van der Waals surface area contributed by atoms with Crippen LogP contribution in [-0.4, -0.2) is 11.0 Å². The average molecular weight is 291 g/mol. The van der Waals surface area contributed by atoms with E-state index in [2.05, 4.69) is 5.32 Å². The molecule has 1 atom stereocenters. The third-order valence-electron chi connectivity index (χ3n) is 3.17. The normalized spacial score (nSPS) is 12.0. The van der Waals surface area contributed by atoms with E-state index in [-0.39, 0.29) is 16.9 Å². The molecule has 0 saturated heterocycles. The quantitative estimate of drug-likeness (QED) is 0.909. The van der Waals surface area contributed by atoms with Crippen LogP contribution in [-0.2, 0) is 0 Å².